The summed E-state index contributed by atoms with van der Waals surface area (Å²) in [5.74, 6) is 0.279. The first-order valence-electron chi connectivity index (χ1n) is 7.13. The quantitative estimate of drug-likeness (QED) is 0.889. The number of aliphatic hydroxyl groups is 1. The second-order valence-corrected chi connectivity index (χ2v) is 6.38. The molecule has 2 N–H and O–H groups in total. The zero-order valence-corrected chi connectivity index (χ0v) is 13.4. The lowest BCUT2D eigenvalue weighted by Crippen LogP contribution is -2.45. The summed E-state index contributed by atoms with van der Waals surface area (Å²) >= 11 is 11.5. The van der Waals surface area contributed by atoms with Crippen LogP contribution in [0.25, 0.3) is 0 Å². The van der Waals surface area contributed by atoms with Crippen molar-refractivity contribution in [3.63, 3.8) is 0 Å². The van der Waals surface area contributed by atoms with Crippen molar-refractivity contribution in [1.82, 2.24) is 15.5 Å². The fourth-order valence-corrected chi connectivity index (χ4v) is 2.98. The molecule has 1 heterocycles. The van der Waals surface area contributed by atoms with E-state index >= 15 is 0 Å². The van der Waals surface area contributed by atoms with E-state index < -0.39 is 11.5 Å². The Labute approximate surface area is 134 Å². The number of nitrogens with zero attached hydrogens (tertiary/aromatic N) is 2. The standard InChI is InChI=1S/C14H19Cl2N3O2/c1-2-9-3-5-14(21,6-4-9)8-17-13(20)10-7-11(15)18-19-12(10)16/h7,9,21H,2-6,8H2,1H3,(H,17,20). The molecule has 0 saturated heterocycles. The van der Waals surface area contributed by atoms with Crippen LogP contribution in [-0.4, -0.2) is 33.4 Å². The lowest BCUT2D eigenvalue weighted by atomic mass is 9.78. The SMILES string of the molecule is CCC1CCC(O)(CNC(=O)c2cc(Cl)nnc2Cl)CC1. The van der Waals surface area contributed by atoms with Gasteiger partial charge in [0.25, 0.3) is 5.91 Å². The monoisotopic (exact) mass is 331 g/mol. The van der Waals surface area contributed by atoms with E-state index in [-0.39, 0.29) is 22.4 Å². The van der Waals surface area contributed by atoms with Crippen molar-refractivity contribution in [1.29, 1.82) is 0 Å². The first-order valence-corrected chi connectivity index (χ1v) is 7.88. The highest BCUT2D eigenvalue weighted by Crippen LogP contribution is 2.33. The zero-order valence-electron chi connectivity index (χ0n) is 11.9. The molecule has 0 bridgehead atoms. The van der Waals surface area contributed by atoms with Crippen molar-refractivity contribution in [2.24, 2.45) is 5.92 Å². The van der Waals surface area contributed by atoms with Crippen molar-refractivity contribution in [2.45, 2.75) is 44.6 Å². The molecule has 0 aliphatic heterocycles. The molecule has 1 fully saturated rings. The molecule has 0 spiro atoms. The van der Waals surface area contributed by atoms with Crippen molar-refractivity contribution in [3.05, 3.63) is 21.9 Å². The Morgan fingerprint density at radius 1 is 1.43 bits per heavy atom. The van der Waals surface area contributed by atoms with Crippen LogP contribution in [-0.2, 0) is 0 Å². The molecule has 1 saturated carbocycles. The average molecular weight is 332 g/mol. The summed E-state index contributed by atoms with van der Waals surface area (Å²) in [4.78, 5) is 12.1. The van der Waals surface area contributed by atoms with Crippen molar-refractivity contribution in [3.8, 4) is 0 Å². The maximum Gasteiger partial charge on any atom is 0.254 e. The highest BCUT2D eigenvalue weighted by molar-refractivity contribution is 6.34. The predicted molar refractivity (Wildman–Crippen MR) is 81.6 cm³/mol. The highest BCUT2D eigenvalue weighted by atomic mass is 35.5. The molecule has 1 aromatic rings. The number of nitrogens with one attached hydrogen (secondary N) is 1. The molecule has 116 valence electrons. The lowest BCUT2D eigenvalue weighted by molar-refractivity contribution is -0.00786. The summed E-state index contributed by atoms with van der Waals surface area (Å²) in [7, 11) is 0. The third-order valence-electron chi connectivity index (χ3n) is 4.15. The molecule has 0 atom stereocenters. The number of amides is 1. The first-order chi connectivity index (χ1) is 9.93. The highest BCUT2D eigenvalue weighted by Gasteiger charge is 2.33. The number of carbonyl (C=O) groups excluding carboxylic acids is 1. The summed E-state index contributed by atoms with van der Waals surface area (Å²) in [6.07, 6.45) is 4.53. The van der Waals surface area contributed by atoms with E-state index in [1.54, 1.807) is 0 Å². The van der Waals surface area contributed by atoms with E-state index in [1.165, 1.54) is 6.07 Å². The average Bonchev–Trinajstić information content (AvgIpc) is 2.48. The van der Waals surface area contributed by atoms with Gasteiger partial charge in [-0.15, -0.1) is 10.2 Å². The minimum atomic E-state index is -0.835. The minimum absolute atomic E-state index is 0.00131. The Balaban J connectivity index is 1.93. The molecule has 1 aliphatic rings. The number of halogens is 2. The third kappa shape index (κ3) is 4.28. The van der Waals surface area contributed by atoms with E-state index in [1.807, 2.05) is 0 Å². The topological polar surface area (TPSA) is 75.1 Å². The predicted octanol–water partition coefficient (Wildman–Crippen LogP) is 2.84. The van der Waals surface area contributed by atoms with Crippen LogP contribution >= 0.6 is 23.2 Å². The second-order valence-electron chi connectivity index (χ2n) is 5.63. The van der Waals surface area contributed by atoms with Gasteiger partial charge in [0.05, 0.1) is 11.2 Å². The molecule has 0 aromatic carbocycles. The van der Waals surface area contributed by atoms with Crippen LogP contribution in [0.15, 0.2) is 6.07 Å². The number of carbonyl (C=O) groups is 1. The van der Waals surface area contributed by atoms with E-state index in [4.69, 9.17) is 23.2 Å². The van der Waals surface area contributed by atoms with Crippen molar-refractivity contribution < 1.29 is 9.90 Å². The largest absolute Gasteiger partial charge is 0.388 e. The summed E-state index contributed by atoms with van der Waals surface area (Å²) < 4.78 is 0. The van der Waals surface area contributed by atoms with E-state index in [0.717, 1.165) is 19.3 Å². The first kappa shape index (κ1) is 16.5. The number of aromatic nitrogens is 2. The molecule has 2 rings (SSSR count). The minimum Gasteiger partial charge on any atom is -0.388 e. The molecule has 0 unspecified atom stereocenters. The molecule has 21 heavy (non-hydrogen) atoms. The van der Waals surface area contributed by atoms with Gasteiger partial charge in [-0.3, -0.25) is 4.79 Å². The molecule has 1 aliphatic carbocycles. The fraction of sp³-hybridized carbons (Fsp3) is 0.643. The Bertz CT molecular complexity index is 517. The number of rotatable bonds is 4. The summed E-state index contributed by atoms with van der Waals surface area (Å²) in [5.41, 5.74) is -0.666. The van der Waals surface area contributed by atoms with Gasteiger partial charge in [0.1, 0.15) is 0 Å². The number of hydrogen-bond donors (Lipinski definition) is 2. The van der Waals surface area contributed by atoms with Gasteiger partial charge in [-0.05, 0) is 37.7 Å². The van der Waals surface area contributed by atoms with Crippen molar-refractivity contribution >= 4 is 29.1 Å². The van der Waals surface area contributed by atoms with Gasteiger partial charge in [-0.1, -0.05) is 36.5 Å². The van der Waals surface area contributed by atoms with Crippen LogP contribution in [0.2, 0.25) is 10.3 Å². The molecular formula is C14H19Cl2N3O2. The van der Waals surface area contributed by atoms with E-state index in [2.05, 4.69) is 22.4 Å². The second kappa shape index (κ2) is 6.90. The number of hydrogen-bond acceptors (Lipinski definition) is 4. The Morgan fingerprint density at radius 3 is 2.71 bits per heavy atom. The Kier molecular flexibility index (Phi) is 5.41. The van der Waals surface area contributed by atoms with E-state index in [9.17, 15) is 9.90 Å². The van der Waals surface area contributed by atoms with Crippen LogP contribution in [0, 0.1) is 5.92 Å². The van der Waals surface area contributed by atoms with E-state index in [0.29, 0.717) is 18.8 Å². The molecule has 0 radical (unpaired) electrons. The van der Waals surface area contributed by atoms with Gasteiger partial charge < -0.3 is 10.4 Å². The molecule has 1 amide bonds. The van der Waals surface area contributed by atoms with Crippen LogP contribution in [0.3, 0.4) is 0 Å². The van der Waals surface area contributed by atoms with Gasteiger partial charge >= 0.3 is 0 Å². The van der Waals surface area contributed by atoms with Gasteiger partial charge in [0, 0.05) is 6.54 Å². The lowest BCUT2D eigenvalue weighted by Gasteiger charge is -2.35. The van der Waals surface area contributed by atoms with Gasteiger partial charge in [-0.2, -0.15) is 0 Å². The van der Waals surface area contributed by atoms with Gasteiger partial charge in [0.2, 0.25) is 0 Å². The third-order valence-corrected chi connectivity index (χ3v) is 4.62. The summed E-state index contributed by atoms with van der Waals surface area (Å²) in [6, 6.07) is 1.37. The van der Waals surface area contributed by atoms with Crippen LogP contribution in [0.4, 0.5) is 0 Å². The molecule has 1 aromatic heterocycles. The smallest absolute Gasteiger partial charge is 0.254 e. The van der Waals surface area contributed by atoms with Crippen molar-refractivity contribution in [2.75, 3.05) is 6.54 Å². The normalized spacial score (nSPS) is 25.6. The van der Waals surface area contributed by atoms with Gasteiger partial charge in [0.15, 0.2) is 10.3 Å². The maximum absolute atomic E-state index is 12.1. The fourth-order valence-electron chi connectivity index (χ4n) is 2.65. The molecular weight excluding hydrogens is 313 g/mol. The molecule has 7 heteroatoms. The summed E-state index contributed by atoms with van der Waals surface area (Å²) in [5, 5.41) is 20.5. The Morgan fingerprint density at radius 2 is 2.10 bits per heavy atom. The maximum atomic E-state index is 12.1. The summed E-state index contributed by atoms with van der Waals surface area (Å²) in [6.45, 7) is 2.37. The van der Waals surface area contributed by atoms with Crippen LogP contribution in [0.5, 0.6) is 0 Å². The van der Waals surface area contributed by atoms with Gasteiger partial charge in [-0.25, -0.2) is 0 Å². The van der Waals surface area contributed by atoms with Crippen LogP contribution in [0.1, 0.15) is 49.4 Å². The zero-order chi connectivity index (χ0) is 15.5. The molecule has 5 nitrogen and oxygen atoms in total. The Hall–Kier alpha value is -0.910. The van der Waals surface area contributed by atoms with Crippen LogP contribution < -0.4 is 5.32 Å².